The normalized spacial score (nSPS) is 15.5. The molecule has 68 valence electrons. The molecule has 0 N–H and O–H groups in total. The van der Waals surface area contributed by atoms with Crippen LogP contribution < -0.4 is 0 Å². The molecule has 0 aromatic heterocycles. The third-order valence-corrected chi connectivity index (χ3v) is 2.00. The molecule has 1 heterocycles. The Kier molecular flexibility index (Phi) is 2.21. The second-order valence-corrected chi connectivity index (χ2v) is 3.17. The second-order valence-electron chi connectivity index (χ2n) is 3.17. The number of hydrogen-bond acceptors (Lipinski definition) is 2. The zero-order valence-electron chi connectivity index (χ0n) is 7.57. The van der Waals surface area contributed by atoms with Crippen molar-refractivity contribution in [1.82, 2.24) is 0 Å². The highest BCUT2D eigenvalue weighted by Gasteiger charge is 2.12. The molecule has 2 nitrogen and oxygen atoms in total. The Morgan fingerprint density at radius 1 is 1.23 bits per heavy atom. The lowest BCUT2D eigenvalue weighted by Gasteiger charge is -2.10. The molecule has 0 radical (unpaired) electrons. The van der Waals surface area contributed by atoms with E-state index >= 15 is 0 Å². The van der Waals surface area contributed by atoms with Gasteiger partial charge < -0.3 is 9.47 Å². The van der Waals surface area contributed by atoms with Gasteiger partial charge in [0, 0.05) is 6.42 Å². The van der Waals surface area contributed by atoms with Crippen molar-refractivity contribution in [3.8, 4) is 0 Å². The van der Waals surface area contributed by atoms with Gasteiger partial charge in [0.25, 0.3) is 0 Å². The Morgan fingerprint density at radius 3 is 2.69 bits per heavy atom. The summed E-state index contributed by atoms with van der Waals surface area (Å²) in [6.45, 7) is 2.08. The van der Waals surface area contributed by atoms with Crippen molar-refractivity contribution >= 4 is 0 Å². The summed E-state index contributed by atoms with van der Waals surface area (Å²) < 4.78 is 10.4. The fraction of sp³-hybridized carbons (Fsp3) is 0.273. The lowest BCUT2D eigenvalue weighted by Crippen LogP contribution is -2.10. The molecule has 2 heteroatoms. The van der Waals surface area contributed by atoms with Gasteiger partial charge in [-0.25, -0.2) is 0 Å². The zero-order chi connectivity index (χ0) is 9.10. The Balaban J connectivity index is 2.01. The Hall–Kier alpha value is -1.44. The lowest BCUT2D eigenvalue weighted by atomic mass is 10.1. The van der Waals surface area contributed by atoms with Crippen LogP contribution in [0.4, 0.5) is 0 Å². The van der Waals surface area contributed by atoms with E-state index in [0.717, 1.165) is 6.42 Å². The molecular formula is C11H12O2. The molecular weight excluding hydrogens is 164 g/mol. The van der Waals surface area contributed by atoms with E-state index < -0.39 is 0 Å². The van der Waals surface area contributed by atoms with Crippen LogP contribution in [0.3, 0.4) is 0 Å². The number of hydrogen-bond donors (Lipinski definition) is 0. The molecule has 0 saturated heterocycles. The molecule has 0 aliphatic carbocycles. The highest BCUT2D eigenvalue weighted by molar-refractivity contribution is 5.22. The van der Waals surface area contributed by atoms with E-state index in [-0.39, 0.29) is 6.29 Å². The third kappa shape index (κ3) is 2.02. The first kappa shape index (κ1) is 8.17. The van der Waals surface area contributed by atoms with E-state index in [9.17, 15) is 0 Å². The molecule has 0 amide bonds. The average Bonchev–Trinajstić information content (AvgIpc) is 2.57. The van der Waals surface area contributed by atoms with E-state index in [0.29, 0.717) is 0 Å². The molecule has 1 aliphatic heterocycles. The van der Waals surface area contributed by atoms with Crippen LogP contribution in [-0.4, -0.2) is 6.29 Å². The topological polar surface area (TPSA) is 18.5 Å². The van der Waals surface area contributed by atoms with Gasteiger partial charge in [-0.1, -0.05) is 29.8 Å². The summed E-state index contributed by atoms with van der Waals surface area (Å²) in [5, 5.41) is 0. The van der Waals surface area contributed by atoms with Crippen LogP contribution in [0.5, 0.6) is 0 Å². The van der Waals surface area contributed by atoms with Crippen LogP contribution >= 0.6 is 0 Å². The van der Waals surface area contributed by atoms with Crippen molar-refractivity contribution in [3.05, 3.63) is 47.9 Å². The standard InChI is InChI=1S/C11H12O2/c1-9-3-2-4-10(7-9)8-11-12-5-6-13-11/h2-7,11H,8H2,1H3. The molecule has 13 heavy (non-hydrogen) atoms. The van der Waals surface area contributed by atoms with Crippen LogP contribution in [0.25, 0.3) is 0 Å². The average molecular weight is 176 g/mol. The molecule has 0 fully saturated rings. The maximum atomic E-state index is 5.19. The fourth-order valence-electron chi connectivity index (χ4n) is 1.40. The SMILES string of the molecule is Cc1cccc(CC2OC=CO2)c1. The highest BCUT2D eigenvalue weighted by atomic mass is 16.7. The number of benzene rings is 1. The molecule has 0 unspecified atom stereocenters. The smallest absolute Gasteiger partial charge is 0.243 e. The van der Waals surface area contributed by atoms with Gasteiger partial charge in [-0.2, -0.15) is 0 Å². The van der Waals surface area contributed by atoms with Crippen LogP contribution in [-0.2, 0) is 15.9 Å². The van der Waals surface area contributed by atoms with Crippen LogP contribution in [0, 0.1) is 6.92 Å². The molecule has 0 saturated carbocycles. The monoisotopic (exact) mass is 176 g/mol. The largest absolute Gasteiger partial charge is 0.459 e. The van der Waals surface area contributed by atoms with E-state index in [1.165, 1.54) is 11.1 Å². The van der Waals surface area contributed by atoms with Gasteiger partial charge in [0.15, 0.2) is 0 Å². The number of ether oxygens (including phenoxy) is 2. The van der Waals surface area contributed by atoms with Gasteiger partial charge in [-0.3, -0.25) is 0 Å². The van der Waals surface area contributed by atoms with Crippen LogP contribution in [0.1, 0.15) is 11.1 Å². The highest BCUT2D eigenvalue weighted by Crippen LogP contribution is 2.13. The second kappa shape index (κ2) is 3.52. The number of aryl methyl sites for hydroxylation is 1. The predicted octanol–water partition coefficient (Wildman–Crippen LogP) is 2.38. The first-order valence-electron chi connectivity index (χ1n) is 4.36. The number of rotatable bonds is 2. The summed E-state index contributed by atoms with van der Waals surface area (Å²) in [5.74, 6) is 0. The maximum absolute atomic E-state index is 5.19. The Labute approximate surface area is 77.8 Å². The quantitative estimate of drug-likeness (QED) is 0.688. The molecule has 1 aromatic carbocycles. The summed E-state index contributed by atoms with van der Waals surface area (Å²) in [4.78, 5) is 0. The Morgan fingerprint density at radius 2 is 2.00 bits per heavy atom. The summed E-state index contributed by atoms with van der Waals surface area (Å²) in [7, 11) is 0. The van der Waals surface area contributed by atoms with E-state index in [1.807, 2.05) is 6.07 Å². The maximum Gasteiger partial charge on any atom is 0.243 e. The van der Waals surface area contributed by atoms with Crippen molar-refractivity contribution in [2.45, 2.75) is 19.6 Å². The molecule has 1 aliphatic rings. The fourth-order valence-corrected chi connectivity index (χ4v) is 1.40. The van der Waals surface area contributed by atoms with Crippen molar-refractivity contribution in [2.24, 2.45) is 0 Å². The van der Waals surface area contributed by atoms with Gasteiger partial charge in [-0.15, -0.1) is 0 Å². The van der Waals surface area contributed by atoms with Gasteiger partial charge in [0.05, 0.1) is 0 Å². The van der Waals surface area contributed by atoms with Gasteiger partial charge >= 0.3 is 0 Å². The molecule has 0 atom stereocenters. The first-order chi connectivity index (χ1) is 6.34. The predicted molar refractivity (Wildman–Crippen MR) is 50.0 cm³/mol. The van der Waals surface area contributed by atoms with Crippen LogP contribution in [0.15, 0.2) is 36.8 Å². The van der Waals surface area contributed by atoms with Crippen molar-refractivity contribution in [1.29, 1.82) is 0 Å². The summed E-state index contributed by atoms with van der Waals surface area (Å²) in [6, 6.07) is 8.36. The van der Waals surface area contributed by atoms with E-state index in [1.54, 1.807) is 12.5 Å². The van der Waals surface area contributed by atoms with Crippen molar-refractivity contribution in [3.63, 3.8) is 0 Å². The van der Waals surface area contributed by atoms with Crippen LogP contribution in [0.2, 0.25) is 0 Å². The first-order valence-corrected chi connectivity index (χ1v) is 4.36. The van der Waals surface area contributed by atoms with Crippen molar-refractivity contribution < 1.29 is 9.47 Å². The third-order valence-electron chi connectivity index (χ3n) is 2.00. The summed E-state index contributed by atoms with van der Waals surface area (Å²) >= 11 is 0. The van der Waals surface area contributed by atoms with Gasteiger partial charge in [0.1, 0.15) is 12.5 Å². The summed E-state index contributed by atoms with van der Waals surface area (Å²) in [6.07, 6.45) is 3.83. The molecule has 0 spiro atoms. The molecule has 2 rings (SSSR count). The van der Waals surface area contributed by atoms with E-state index in [2.05, 4.69) is 25.1 Å². The zero-order valence-corrected chi connectivity index (χ0v) is 7.57. The lowest BCUT2D eigenvalue weighted by molar-refractivity contribution is -0.0209. The van der Waals surface area contributed by atoms with Crippen molar-refractivity contribution in [2.75, 3.05) is 0 Å². The molecule has 0 bridgehead atoms. The minimum atomic E-state index is -0.137. The summed E-state index contributed by atoms with van der Waals surface area (Å²) in [5.41, 5.74) is 2.51. The minimum absolute atomic E-state index is 0.137. The van der Waals surface area contributed by atoms with Gasteiger partial charge in [-0.05, 0) is 12.5 Å². The minimum Gasteiger partial charge on any atom is -0.459 e. The Bertz CT molecular complexity index is 310. The molecule has 1 aromatic rings. The van der Waals surface area contributed by atoms with E-state index in [4.69, 9.17) is 9.47 Å². The van der Waals surface area contributed by atoms with Gasteiger partial charge in [0.2, 0.25) is 6.29 Å².